The number of esters is 2. The maximum absolute atomic E-state index is 12.2. The number of carbonyl (C=O) groups excluding carboxylic acids is 2. The smallest absolute Gasteiger partial charge is 0.322 e. The Morgan fingerprint density at radius 1 is 0.840 bits per heavy atom. The van der Waals surface area contributed by atoms with E-state index in [2.05, 4.69) is 5.32 Å². The summed E-state index contributed by atoms with van der Waals surface area (Å²) in [6, 6.07) is 13.0. The number of benzene rings is 2. The van der Waals surface area contributed by atoms with Crippen molar-refractivity contribution < 1.29 is 19.1 Å². The first-order valence-electron chi connectivity index (χ1n) is 7.39. The molecule has 2 aromatic carbocycles. The van der Waals surface area contributed by atoms with Crippen molar-refractivity contribution in [3.8, 4) is 0 Å². The van der Waals surface area contributed by atoms with Crippen LogP contribution in [0.1, 0.15) is 11.6 Å². The van der Waals surface area contributed by atoms with Gasteiger partial charge in [0.15, 0.2) is 5.92 Å². The minimum absolute atomic E-state index is 0.543. The maximum atomic E-state index is 12.2. The average Bonchev–Trinajstić information content (AvgIpc) is 2.63. The summed E-state index contributed by atoms with van der Waals surface area (Å²) in [5.41, 5.74) is 1.36. The van der Waals surface area contributed by atoms with E-state index >= 15 is 0 Å². The summed E-state index contributed by atoms with van der Waals surface area (Å²) in [6.45, 7) is 0. The van der Waals surface area contributed by atoms with Gasteiger partial charge in [-0.1, -0.05) is 35.3 Å². The summed E-state index contributed by atoms with van der Waals surface area (Å²) in [4.78, 5) is 24.5. The lowest BCUT2D eigenvalue weighted by Gasteiger charge is -2.26. The van der Waals surface area contributed by atoms with Crippen molar-refractivity contribution in [1.82, 2.24) is 0 Å². The molecular formula is C18H17Cl2NO4. The van der Waals surface area contributed by atoms with Crippen molar-refractivity contribution in [2.75, 3.05) is 19.5 Å². The normalized spacial score (nSPS) is 11.7. The zero-order chi connectivity index (χ0) is 18.4. The predicted molar refractivity (Wildman–Crippen MR) is 96.8 cm³/mol. The Morgan fingerprint density at radius 2 is 1.28 bits per heavy atom. The van der Waals surface area contributed by atoms with Gasteiger partial charge in [0.1, 0.15) is 0 Å². The van der Waals surface area contributed by atoms with Gasteiger partial charge in [-0.25, -0.2) is 0 Å². The van der Waals surface area contributed by atoms with Crippen LogP contribution in [0.2, 0.25) is 10.0 Å². The van der Waals surface area contributed by atoms with Crippen LogP contribution >= 0.6 is 23.2 Å². The van der Waals surface area contributed by atoms with E-state index in [4.69, 9.17) is 32.7 Å². The third-order valence-corrected chi connectivity index (χ3v) is 4.14. The van der Waals surface area contributed by atoms with Crippen LogP contribution in [0.25, 0.3) is 0 Å². The molecule has 1 N–H and O–H groups in total. The molecule has 0 aliphatic carbocycles. The third-order valence-electron chi connectivity index (χ3n) is 3.64. The summed E-state index contributed by atoms with van der Waals surface area (Å²) < 4.78 is 9.58. The van der Waals surface area contributed by atoms with Crippen LogP contribution < -0.4 is 5.32 Å². The van der Waals surface area contributed by atoms with Crippen molar-refractivity contribution in [1.29, 1.82) is 0 Å². The number of nitrogens with one attached hydrogen (secondary N) is 1. The number of anilines is 1. The SMILES string of the molecule is COC(=O)C(C(=O)OC)C(Nc1ccc(Cl)cc1)c1ccc(Cl)cc1. The van der Waals surface area contributed by atoms with E-state index in [1.807, 2.05) is 0 Å². The molecule has 5 nitrogen and oxygen atoms in total. The van der Waals surface area contributed by atoms with E-state index in [9.17, 15) is 9.59 Å². The highest BCUT2D eigenvalue weighted by Gasteiger charge is 2.38. The fraction of sp³-hybridized carbons (Fsp3) is 0.222. The molecule has 0 aliphatic heterocycles. The average molecular weight is 382 g/mol. The van der Waals surface area contributed by atoms with Crippen molar-refractivity contribution in [2.45, 2.75) is 6.04 Å². The second kappa shape index (κ2) is 8.74. The quantitative estimate of drug-likeness (QED) is 0.602. The van der Waals surface area contributed by atoms with E-state index in [0.29, 0.717) is 21.3 Å². The molecule has 0 aliphatic rings. The molecule has 2 aromatic rings. The molecule has 1 atom stereocenters. The number of carbonyl (C=O) groups is 2. The number of halogens is 2. The van der Waals surface area contributed by atoms with Gasteiger partial charge in [-0.2, -0.15) is 0 Å². The molecule has 132 valence electrons. The van der Waals surface area contributed by atoms with Crippen molar-refractivity contribution in [2.24, 2.45) is 5.92 Å². The van der Waals surface area contributed by atoms with E-state index in [1.165, 1.54) is 14.2 Å². The lowest BCUT2D eigenvalue weighted by Crippen LogP contribution is -2.35. The second-order valence-corrected chi connectivity index (χ2v) is 6.08. The highest BCUT2D eigenvalue weighted by Crippen LogP contribution is 2.30. The van der Waals surface area contributed by atoms with E-state index < -0.39 is 23.9 Å². The van der Waals surface area contributed by atoms with Gasteiger partial charge >= 0.3 is 11.9 Å². The first-order chi connectivity index (χ1) is 12.0. The maximum Gasteiger partial charge on any atom is 0.322 e. The number of rotatable bonds is 6. The molecule has 0 bridgehead atoms. The molecule has 0 spiro atoms. The molecule has 0 heterocycles. The number of hydrogen-bond acceptors (Lipinski definition) is 5. The topological polar surface area (TPSA) is 64.6 Å². The fourth-order valence-corrected chi connectivity index (χ4v) is 2.63. The van der Waals surface area contributed by atoms with Crippen LogP contribution in [0.5, 0.6) is 0 Å². The first-order valence-corrected chi connectivity index (χ1v) is 8.15. The van der Waals surface area contributed by atoms with Crippen LogP contribution in [0.3, 0.4) is 0 Å². The Balaban J connectivity index is 2.45. The van der Waals surface area contributed by atoms with Crippen LogP contribution in [-0.2, 0) is 19.1 Å². The zero-order valence-corrected chi connectivity index (χ0v) is 15.2. The second-order valence-electron chi connectivity index (χ2n) is 5.20. The van der Waals surface area contributed by atoms with Crippen LogP contribution in [0.4, 0.5) is 5.69 Å². The summed E-state index contributed by atoms with van der Waals surface area (Å²) in [7, 11) is 2.44. The Morgan fingerprint density at radius 3 is 1.72 bits per heavy atom. The fourth-order valence-electron chi connectivity index (χ4n) is 2.38. The number of ether oxygens (including phenoxy) is 2. The van der Waals surface area contributed by atoms with Gasteiger partial charge in [0, 0.05) is 15.7 Å². The molecule has 0 aromatic heterocycles. The van der Waals surface area contributed by atoms with Crippen LogP contribution in [-0.4, -0.2) is 26.2 Å². The molecule has 0 saturated heterocycles. The van der Waals surface area contributed by atoms with Crippen molar-refractivity contribution in [3.63, 3.8) is 0 Å². The van der Waals surface area contributed by atoms with Gasteiger partial charge in [0.2, 0.25) is 0 Å². The van der Waals surface area contributed by atoms with Crippen LogP contribution in [0, 0.1) is 5.92 Å². The first kappa shape index (κ1) is 19.1. The van der Waals surface area contributed by atoms with Gasteiger partial charge in [0.25, 0.3) is 0 Å². The monoisotopic (exact) mass is 381 g/mol. The molecule has 7 heteroatoms. The minimum atomic E-state index is -1.19. The highest BCUT2D eigenvalue weighted by atomic mass is 35.5. The molecule has 2 rings (SSSR count). The van der Waals surface area contributed by atoms with Gasteiger partial charge in [0.05, 0.1) is 20.3 Å². The summed E-state index contributed by atoms with van der Waals surface area (Å²) in [5, 5.41) is 4.29. The highest BCUT2D eigenvalue weighted by molar-refractivity contribution is 6.30. The molecule has 25 heavy (non-hydrogen) atoms. The Bertz CT molecular complexity index is 716. The largest absolute Gasteiger partial charge is 0.468 e. The Labute approximate surface area is 155 Å². The van der Waals surface area contributed by atoms with Gasteiger partial charge in [-0.15, -0.1) is 0 Å². The van der Waals surface area contributed by atoms with E-state index in [-0.39, 0.29) is 0 Å². The molecule has 0 amide bonds. The number of methoxy groups -OCH3 is 2. The van der Waals surface area contributed by atoms with Crippen LogP contribution in [0.15, 0.2) is 48.5 Å². The third kappa shape index (κ3) is 4.87. The predicted octanol–water partition coefficient (Wildman–Crippen LogP) is 4.11. The van der Waals surface area contributed by atoms with Gasteiger partial charge < -0.3 is 14.8 Å². The summed E-state index contributed by atoms with van der Waals surface area (Å²) >= 11 is 11.8. The van der Waals surface area contributed by atoms with Crippen molar-refractivity contribution in [3.05, 3.63) is 64.1 Å². The van der Waals surface area contributed by atoms with Crippen molar-refractivity contribution >= 4 is 40.8 Å². The molecular weight excluding hydrogens is 365 g/mol. The molecule has 0 saturated carbocycles. The van der Waals surface area contributed by atoms with E-state index in [0.717, 1.165) is 0 Å². The van der Waals surface area contributed by atoms with E-state index in [1.54, 1.807) is 48.5 Å². The van der Waals surface area contributed by atoms with Gasteiger partial charge in [-0.3, -0.25) is 9.59 Å². The molecule has 1 unspecified atom stereocenters. The minimum Gasteiger partial charge on any atom is -0.468 e. The standard InChI is InChI=1S/C18H17Cl2NO4/c1-24-17(22)15(18(23)25-2)16(11-3-5-12(19)6-4-11)21-14-9-7-13(20)8-10-14/h3-10,15-16,21H,1-2H3. The Kier molecular flexibility index (Phi) is 6.67. The van der Waals surface area contributed by atoms with Gasteiger partial charge in [-0.05, 0) is 42.0 Å². The number of hydrogen-bond donors (Lipinski definition) is 1. The Hall–Kier alpha value is -2.24. The summed E-state index contributed by atoms with van der Waals surface area (Å²) in [5.74, 6) is -2.59. The molecule has 0 fully saturated rings. The zero-order valence-electron chi connectivity index (χ0n) is 13.7. The molecule has 0 radical (unpaired) electrons. The lowest BCUT2D eigenvalue weighted by molar-refractivity contribution is -0.159. The summed E-state index contributed by atoms with van der Waals surface area (Å²) in [6.07, 6.45) is 0. The lowest BCUT2D eigenvalue weighted by atomic mass is 9.92.